The van der Waals surface area contributed by atoms with Crippen LogP contribution in [0.5, 0.6) is 0 Å². The molecule has 0 unspecified atom stereocenters. The second-order valence-electron chi connectivity index (χ2n) is 4.47. The molecule has 0 aromatic heterocycles. The third-order valence-electron chi connectivity index (χ3n) is 1.64. The quantitative estimate of drug-likeness (QED) is 0.699. The Hall–Kier alpha value is -0.730. The van der Waals surface area contributed by atoms with Crippen LogP contribution in [0.4, 0.5) is 4.79 Å². The zero-order valence-electron chi connectivity index (χ0n) is 10.1. The molecule has 0 heterocycles. The van der Waals surface area contributed by atoms with Crippen LogP contribution in [-0.2, 0) is 4.74 Å². The third kappa shape index (κ3) is 5.84. The normalized spacial score (nSPS) is 11.2. The van der Waals surface area contributed by atoms with Crippen LogP contribution in [0.25, 0.3) is 0 Å². The smallest absolute Gasteiger partial charge is 0.410 e. The molecule has 0 spiro atoms. The Balaban J connectivity index is 4.14. The molecule has 84 valence electrons. The molecule has 0 aromatic rings. The molecule has 0 aliphatic heterocycles. The first-order valence-electron chi connectivity index (χ1n) is 5.38. The molecule has 0 atom stereocenters. The van der Waals surface area contributed by atoms with Gasteiger partial charge in [-0.1, -0.05) is 13.8 Å². The lowest BCUT2D eigenvalue weighted by atomic mass is 10.2. The van der Waals surface area contributed by atoms with Gasteiger partial charge in [-0.05, 0) is 33.6 Å². The van der Waals surface area contributed by atoms with E-state index < -0.39 is 5.60 Å². The number of carbonyl (C=O) groups is 1. The zero-order chi connectivity index (χ0) is 11.2. The average molecular weight is 201 g/mol. The molecule has 14 heavy (non-hydrogen) atoms. The van der Waals surface area contributed by atoms with E-state index in [9.17, 15) is 4.79 Å². The Morgan fingerprint density at radius 3 is 1.86 bits per heavy atom. The van der Waals surface area contributed by atoms with Crippen LogP contribution in [0.2, 0.25) is 0 Å². The number of rotatable bonds is 4. The topological polar surface area (TPSA) is 29.5 Å². The monoisotopic (exact) mass is 201 g/mol. The highest BCUT2D eigenvalue weighted by Crippen LogP contribution is 2.10. The molecule has 3 nitrogen and oxygen atoms in total. The first kappa shape index (κ1) is 13.3. The summed E-state index contributed by atoms with van der Waals surface area (Å²) in [6.45, 7) is 11.4. The van der Waals surface area contributed by atoms with Crippen LogP contribution in [-0.4, -0.2) is 29.7 Å². The Bertz CT molecular complexity index is 167. The van der Waals surface area contributed by atoms with Gasteiger partial charge in [-0.15, -0.1) is 0 Å². The van der Waals surface area contributed by atoms with Crippen molar-refractivity contribution in [2.45, 2.75) is 53.1 Å². The minimum atomic E-state index is -0.392. The van der Waals surface area contributed by atoms with Crippen LogP contribution >= 0.6 is 0 Å². The van der Waals surface area contributed by atoms with E-state index in [-0.39, 0.29) is 6.09 Å². The molecule has 0 fully saturated rings. The van der Waals surface area contributed by atoms with Crippen LogP contribution in [0.1, 0.15) is 47.5 Å². The third-order valence-corrected chi connectivity index (χ3v) is 1.64. The molecule has 0 aromatic carbocycles. The second-order valence-corrected chi connectivity index (χ2v) is 4.47. The summed E-state index contributed by atoms with van der Waals surface area (Å²) in [7, 11) is 0. The maximum Gasteiger partial charge on any atom is 0.410 e. The van der Waals surface area contributed by atoms with Crippen molar-refractivity contribution in [3.8, 4) is 0 Å². The predicted molar refractivity (Wildman–Crippen MR) is 58.4 cm³/mol. The summed E-state index contributed by atoms with van der Waals surface area (Å²) >= 11 is 0. The molecule has 0 bridgehead atoms. The lowest BCUT2D eigenvalue weighted by Gasteiger charge is -2.26. The van der Waals surface area contributed by atoms with Gasteiger partial charge >= 0.3 is 6.09 Å². The number of hydrogen-bond acceptors (Lipinski definition) is 2. The Morgan fingerprint density at radius 2 is 1.57 bits per heavy atom. The fourth-order valence-electron chi connectivity index (χ4n) is 1.16. The Morgan fingerprint density at radius 1 is 1.14 bits per heavy atom. The van der Waals surface area contributed by atoms with E-state index in [2.05, 4.69) is 13.8 Å². The van der Waals surface area contributed by atoms with Gasteiger partial charge in [0.15, 0.2) is 0 Å². The van der Waals surface area contributed by atoms with Gasteiger partial charge in [-0.3, -0.25) is 0 Å². The maximum absolute atomic E-state index is 11.6. The molecule has 0 saturated carbocycles. The summed E-state index contributed by atoms with van der Waals surface area (Å²) < 4.78 is 5.29. The molecular formula is C11H23NO2. The van der Waals surface area contributed by atoms with E-state index in [0.29, 0.717) is 0 Å². The molecule has 0 rings (SSSR count). The zero-order valence-corrected chi connectivity index (χ0v) is 10.1. The summed E-state index contributed by atoms with van der Waals surface area (Å²) in [4.78, 5) is 13.4. The molecule has 0 aliphatic rings. The highest BCUT2D eigenvalue weighted by Gasteiger charge is 2.20. The van der Waals surface area contributed by atoms with Crippen molar-refractivity contribution in [3.05, 3.63) is 0 Å². The predicted octanol–water partition coefficient (Wildman–Crippen LogP) is 3.04. The van der Waals surface area contributed by atoms with Crippen LogP contribution in [0.15, 0.2) is 0 Å². The van der Waals surface area contributed by atoms with Crippen LogP contribution < -0.4 is 0 Å². The van der Waals surface area contributed by atoms with Gasteiger partial charge < -0.3 is 9.64 Å². The molecular weight excluding hydrogens is 178 g/mol. The molecule has 0 aliphatic carbocycles. The van der Waals surface area contributed by atoms with Gasteiger partial charge in [-0.25, -0.2) is 4.79 Å². The number of ether oxygens (including phenoxy) is 1. The van der Waals surface area contributed by atoms with Crippen molar-refractivity contribution in [3.63, 3.8) is 0 Å². The summed E-state index contributed by atoms with van der Waals surface area (Å²) in [5.74, 6) is 0. The van der Waals surface area contributed by atoms with Crippen molar-refractivity contribution in [1.82, 2.24) is 4.90 Å². The molecule has 0 saturated heterocycles. The summed E-state index contributed by atoms with van der Waals surface area (Å²) in [6.07, 6.45) is 1.75. The lowest BCUT2D eigenvalue weighted by molar-refractivity contribution is 0.0250. The first-order valence-corrected chi connectivity index (χ1v) is 5.38. The highest BCUT2D eigenvalue weighted by molar-refractivity contribution is 5.68. The van der Waals surface area contributed by atoms with E-state index in [0.717, 1.165) is 25.9 Å². The highest BCUT2D eigenvalue weighted by atomic mass is 16.6. The van der Waals surface area contributed by atoms with Crippen LogP contribution in [0, 0.1) is 0 Å². The number of nitrogens with zero attached hydrogens (tertiary/aromatic N) is 1. The van der Waals surface area contributed by atoms with Gasteiger partial charge in [0.25, 0.3) is 0 Å². The van der Waals surface area contributed by atoms with Gasteiger partial charge in [0.2, 0.25) is 0 Å². The van der Waals surface area contributed by atoms with E-state index in [1.54, 1.807) is 4.90 Å². The van der Waals surface area contributed by atoms with Crippen molar-refractivity contribution >= 4 is 6.09 Å². The molecule has 3 heteroatoms. The largest absolute Gasteiger partial charge is 0.444 e. The van der Waals surface area contributed by atoms with Gasteiger partial charge in [0, 0.05) is 13.1 Å². The fraction of sp³-hybridized carbons (Fsp3) is 0.909. The van der Waals surface area contributed by atoms with Crippen LogP contribution in [0.3, 0.4) is 0 Å². The summed E-state index contributed by atoms with van der Waals surface area (Å²) in [5.41, 5.74) is -0.392. The number of amides is 1. The maximum atomic E-state index is 11.6. The average Bonchev–Trinajstić information content (AvgIpc) is 2.01. The van der Waals surface area contributed by atoms with E-state index in [1.807, 2.05) is 20.8 Å². The minimum absolute atomic E-state index is 0.193. The van der Waals surface area contributed by atoms with Crippen molar-refractivity contribution < 1.29 is 9.53 Å². The standard InChI is InChI=1S/C11H23NO2/c1-6-8-12(9-7-2)10(13)14-11(3,4)5/h6-9H2,1-5H3. The van der Waals surface area contributed by atoms with E-state index in [4.69, 9.17) is 4.74 Å². The minimum Gasteiger partial charge on any atom is -0.444 e. The lowest BCUT2D eigenvalue weighted by Crippen LogP contribution is -2.37. The molecule has 1 amide bonds. The van der Waals surface area contributed by atoms with Gasteiger partial charge in [0.1, 0.15) is 5.60 Å². The second kappa shape index (κ2) is 5.89. The van der Waals surface area contributed by atoms with Crippen molar-refractivity contribution in [1.29, 1.82) is 0 Å². The first-order chi connectivity index (χ1) is 6.40. The number of hydrogen-bond donors (Lipinski definition) is 0. The van der Waals surface area contributed by atoms with Gasteiger partial charge in [0.05, 0.1) is 0 Å². The van der Waals surface area contributed by atoms with Crippen molar-refractivity contribution in [2.24, 2.45) is 0 Å². The SMILES string of the molecule is CCCN(CCC)C(=O)OC(C)(C)C. The molecule has 0 radical (unpaired) electrons. The van der Waals surface area contributed by atoms with E-state index >= 15 is 0 Å². The molecule has 0 N–H and O–H groups in total. The number of carbonyl (C=O) groups excluding carboxylic acids is 1. The van der Waals surface area contributed by atoms with Gasteiger partial charge in [-0.2, -0.15) is 0 Å². The summed E-state index contributed by atoms with van der Waals surface area (Å²) in [6, 6.07) is 0. The Labute approximate surface area is 87.4 Å². The Kier molecular flexibility index (Phi) is 5.58. The fourth-order valence-corrected chi connectivity index (χ4v) is 1.16. The van der Waals surface area contributed by atoms with Crippen molar-refractivity contribution in [2.75, 3.05) is 13.1 Å². The summed E-state index contributed by atoms with van der Waals surface area (Å²) in [5, 5.41) is 0. The van der Waals surface area contributed by atoms with E-state index in [1.165, 1.54) is 0 Å².